The molecule has 0 saturated carbocycles. The van der Waals surface area contributed by atoms with Crippen LogP contribution in [0.25, 0.3) is 0 Å². The molecular formula is C13H13NO3S. The Morgan fingerprint density at radius 1 is 1.44 bits per heavy atom. The summed E-state index contributed by atoms with van der Waals surface area (Å²) in [4.78, 5) is 15.9. The third kappa shape index (κ3) is 2.73. The molecule has 4 nitrogen and oxygen atoms in total. The summed E-state index contributed by atoms with van der Waals surface area (Å²) in [6, 6.07) is 9.32. The molecule has 0 aliphatic carbocycles. The first-order valence-corrected chi connectivity index (χ1v) is 6.57. The number of para-hydroxylation sites is 1. The van der Waals surface area contributed by atoms with Crippen LogP contribution in [0, 0.1) is 0 Å². The summed E-state index contributed by atoms with van der Waals surface area (Å²) >= 11 is 1.41. The van der Waals surface area contributed by atoms with Crippen LogP contribution in [0.3, 0.4) is 0 Å². The molecule has 0 spiro atoms. The molecule has 5 heteroatoms. The maximum absolute atomic E-state index is 11.6. The number of hydrogen-bond donors (Lipinski definition) is 1. The number of carbonyl (C=O) groups is 1. The van der Waals surface area contributed by atoms with E-state index in [4.69, 9.17) is 4.74 Å². The van der Waals surface area contributed by atoms with Crippen LogP contribution in [0.4, 0.5) is 5.69 Å². The van der Waals surface area contributed by atoms with E-state index in [-0.39, 0.29) is 17.9 Å². The Kier molecular flexibility index (Phi) is 4.04. The van der Waals surface area contributed by atoms with E-state index in [1.807, 2.05) is 37.3 Å². The van der Waals surface area contributed by atoms with Crippen molar-refractivity contribution in [1.82, 2.24) is 0 Å². The summed E-state index contributed by atoms with van der Waals surface area (Å²) in [5.41, 5.74) is 0.930. The maximum Gasteiger partial charge on any atom is 0.344 e. The fourth-order valence-corrected chi connectivity index (χ4v) is 2.31. The standard InChI is InChI=1S/C13H13NO3S/c1-2-18-12(11-10(15)8-17-13(11)16)14-9-6-4-3-5-7-9/h3-7,15H,2,8H2,1H3. The monoisotopic (exact) mass is 263 g/mol. The average molecular weight is 263 g/mol. The number of benzene rings is 1. The van der Waals surface area contributed by atoms with E-state index in [0.717, 1.165) is 11.4 Å². The number of nitrogens with zero attached hydrogens (tertiary/aromatic N) is 1. The van der Waals surface area contributed by atoms with Gasteiger partial charge in [0.1, 0.15) is 23.0 Å². The number of carbonyl (C=O) groups excluding carboxylic acids is 1. The van der Waals surface area contributed by atoms with E-state index in [1.54, 1.807) is 0 Å². The van der Waals surface area contributed by atoms with Crippen LogP contribution >= 0.6 is 11.8 Å². The first-order chi connectivity index (χ1) is 8.72. The van der Waals surface area contributed by atoms with Crippen LogP contribution in [0.15, 0.2) is 46.7 Å². The van der Waals surface area contributed by atoms with Crippen LogP contribution < -0.4 is 0 Å². The average Bonchev–Trinajstić information content (AvgIpc) is 2.70. The van der Waals surface area contributed by atoms with E-state index >= 15 is 0 Å². The SMILES string of the molecule is CCSC(=Nc1ccccc1)C1=C(O)COC1=O. The van der Waals surface area contributed by atoms with Gasteiger partial charge >= 0.3 is 5.97 Å². The molecule has 0 bridgehead atoms. The number of aliphatic hydroxyl groups excluding tert-OH is 1. The van der Waals surface area contributed by atoms with Crippen molar-refractivity contribution in [2.24, 2.45) is 4.99 Å². The molecule has 0 amide bonds. The quantitative estimate of drug-likeness (QED) is 0.517. The summed E-state index contributed by atoms with van der Waals surface area (Å²) < 4.78 is 4.79. The van der Waals surface area contributed by atoms with Crippen molar-refractivity contribution in [3.05, 3.63) is 41.7 Å². The highest BCUT2D eigenvalue weighted by Gasteiger charge is 2.29. The topological polar surface area (TPSA) is 58.9 Å². The van der Waals surface area contributed by atoms with Gasteiger partial charge < -0.3 is 9.84 Å². The van der Waals surface area contributed by atoms with Gasteiger partial charge in [-0.2, -0.15) is 0 Å². The molecule has 0 fully saturated rings. The van der Waals surface area contributed by atoms with Gasteiger partial charge in [-0.25, -0.2) is 9.79 Å². The van der Waals surface area contributed by atoms with Gasteiger partial charge in [0.05, 0.1) is 5.69 Å². The molecule has 0 radical (unpaired) electrons. The molecule has 0 saturated heterocycles. The largest absolute Gasteiger partial charge is 0.508 e. The molecule has 1 aromatic carbocycles. The van der Waals surface area contributed by atoms with Crippen LogP contribution in [-0.4, -0.2) is 28.5 Å². The van der Waals surface area contributed by atoms with E-state index in [9.17, 15) is 9.90 Å². The van der Waals surface area contributed by atoms with Crippen molar-refractivity contribution in [3.63, 3.8) is 0 Å². The minimum Gasteiger partial charge on any atom is -0.508 e. The summed E-state index contributed by atoms with van der Waals surface area (Å²) in [7, 11) is 0. The maximum atomic E-state index is 11.6. The third-order valence-corrected chi connectivity index (χ3v) is 3.17. The molecule has 1 N–H and O–H groups in total. The predicted octanol–water partition coefficient (Wildman–Crippen LogP) is 2.84. The summed E-state index contributed by atoms with van der Waals surface area (Å²) in [5.74, 6) is 0.203. The van der Waals surface area contributed by atoms with Gasteiger partial charge in [-0.05, 0) is 17.9 Å². The second-order valence-electron chi connectivity index (χ2n) is 3.58. The van der Waals surface area contributed by atoms with Gasteiger partial charge in [0.25, 0.3) is 0 Å². The molecule has 1 heterocycles. The van der Waals surface area contributed by atoms with Gasteiger partial charge in [0.2, 0.25) is 0 Å². The second-order valence-corrected chi connectivity index (χ2v) is 4.84. The summed E-state index contributed by atoms with van der Waals surface area (Å²) in [6.07, 6.45) is 0. The molecule has 0 aromatic heterocycles. The minimum absolute atomic E-state index is 0.0457. The van der Waals surface area contributed by atoms with E-state index < -0.39 is 5.97 Å². The summed E-state index contributed by atoms with van der Waals surface area (Å²) in [6.45, 7) is 1.90. The van der Waals surface area contributed by atoms with Gasteiger partial charge in [-0.15, -0.1) is 11.8 Å². The molecule has 2 rings (SSSR count). The molecule has 18 heavy (non-hydrogen) atoms. The lowest BCUT2D eigenvalue weighted by atomic mass is 10.2. The van der Waals surface area contributed by atoms with E-state index in [2.05, 4.69) is 4.99 Å². The number of hydrogen-bond acceptors (Lipinski definition) is 5. The lowest BCUT2D eigenvalue weighted by molar-refractivity contribution is -0.135. The number of esters is 1. The molecule has 0 unspecified atom stereocenters. The number of aliphatic imine (C=N–C) groups is 1. The van der Waals surface area contributed by atoms with Crippen LogP contribution in [0.2, 0.25) is 0 Å². The summed E-state index contributed by atoms with van der Waals surface area (Å²) in [5, 5.41) is 10.2. The van der Waals surface area contributed by atoms with Crippen LogP contribution in [-0.2, 0) is 9.53 Å². The first-order valence-electron chi connectivity index (χ1n) is 5.58. The van der Waals surface area contributed by atoms with Crippen molar-refractivity contribution in [1.29, 1.82) is 0 Å². The molecule has 1 aliphatic rings. The molecular weight excluding hydrogens is 250 g/mol. The number of aliphatic hydroxyl groups is 1. The van der Waals surface area contributed by atoms with Gasteiger partial charge in [-0.1, -0.05) is 25.1 Å². The Labute approximate surface area is 109 Å². The number of cyclic esters (lactones) is 1. The minimum atomic E-state index is -0.511. The van der Waals surface area contributed by atoms with Crippen molar-refractivity contribution < 1.29 is 14.6 Å². The normalized spacial score (nSPS) is 16.1. The zero-order valence-corrected chi connectivity index (χ0v) is 10.7. The lowest BCUT2D eigenvalue weighted by Gasteiger charge is -2.04. The highest BCUT2D eigenvalue weighted by molar-refractivity contribution is 8.14. The van der Waals surface area contributed by atoms with Gasteiger partial charge in [-0.3, -0.25) is 0 Å². The van der Waals surface area contributed by atoms with Crippen LogP contribution in [0.5, 0.6) is 0 Å². The molecule has 1 aromatic rings. The molecule has 1 aliphatic heterocycles. The highest BCUT2D eigenvalue weighted by atomic mass is 32.2. The fourth-order valence-electron chi connectivity index (χ4n) is 1.52. The van der Waals surface area contributed by atoms with E-state index in [1.165, 1.54) is 11.8 Å². The molecule has 94 valence electrons. The van der Waals surface area contributed by atoms with Crippen molar-refractivity contribution in [2.45, 2.75) is 6.92 Å². The third-order valence-electron chi connectivity index (χ3n) is 2.31. The second kappa shape index (κ2) is 5.73. The Morgan fingerprint density at radius 2 is 2.17 bits per heavy atom. The Morgan fingerprint density at radius 3 is 2.72 bits per heavy atom. The Hall–Kier alpha value is -1.75. The highest BCUT2D eigenvalue weighted by Crippen LogP contribution is 2.25. The van der Waals surface area contributed by atoms with Gasteiger partial charge in [0, 0.05) is 0 Å². The Bertz CT molecular complexity index is 508. The van der Waals surface area contributed by atoms with Crippen molar-refractivity contribution in [3.8, 4) is 0 Å². The zero-order chi connectivity index (χ0) is 13.0. The van der Waals surface area contributed by atoms with E-state index in [0.29, 0.717) is 5.04 Å². The fraction of sp³-hybridized carbons (Fsp3) is 0.231. The number of thioether (sulfide) groups is 1. The number of ether oxygens (including phenoxy) is 1. The first kappa shape index (κ1) is 12.7. The predicted molar refractivity (Wildman–Crippen MR) is 72.3 cm³/mol. The number of rotatable bonds is 3. The Balaban J connectivity index is 2.38. The van der Waals surface area contributed by atoms with Crippen molar-refractivity contribution >= 4 is 28.5 Å². The lowest BCUT2D eigenvalue weighted by Crippen LogP contribution is -2.08. The smallest absolute Gasteiger partial charge is 0.344 e. The molecule has 0 atom stereocenters. The van der Waals surface area contributed by atoms with Crippen LogP contribution in [0.1, 0.15) is 6.92 Å². The van der Waals surface area contributed by atoms with Crippen molar-refractivity contribution in [2.75, 3.05) is 12.4 Å². The van der Waals surface area contributed by atoms with Gasteiger partial charge in [0.15, 0.2) is 0 Å². The zero-order valence-electron chi connectivity index (χ0n) is 9.92.